The predicted octanol–water partition coefficient (Wildman–Crippen LogP) is 4.12. The van der Waals surface area contributed by atoms with Gasteiger partial charge >= 0.3 is 5.69 Å². The first-order chi connectivity index (χ1) is 18.5. The van der Waals surface area contributed by atoms with Gasteiger partial charge in [-0.2, -0.15) is 0 Å². The molecular formula is C29H36N6O3. The Labute approximate surface area is 222 Å². The maximum Gasteiger partial charge on any atom is 0.330 e. The molecule has 1 aromatic carbocycles. The number of hydrogen-bond acceptors (Lipinski definition) is 7. The van der Waals surface area contributed by atoms with Crippen LogP contribution in [0.5, 0.6) is 0 Å². The van der Waals surface area contributed by atoms with Gasteiger partial charge in [0.05, 0.1) is 23.9 Å². The molecule has 0 spiro atoms. The lowest BCUT2D eigenvalue weighted by molar-refractivity contribution is 0.0487. The van der Waals surface area contributed by atoms with E-state index >= 15 is 0 Å². The Balaban J connectivity index is 1.26. The number of imidazole rings is 1. The highest BCUT2D eigenvalue weighted by Crippen LogP contribution is 2.31. The molecule has 9 heteroatoms. The van der Waals surface area contributed by atoms with E-state index in [1.54, 1.807) is 11.6 Å². The lowest BCUT2D eigenvalue weighted by Crippen LogP contribution is -2.29. The number of rotatable bonds is 7. The van der Waals surface area contributed by atoms with Gasteiger partial charge in [0.2, 0.25) is 0 Å². The first-order valence-corrected chi connectivity index (χ1v) is 13.7. The summed E-state index contributed by atoms with van der Waals surface area (Å²) in [6.45, 7) is 9.72. The Bertz CT molecular complexity index is 1490. The second kappa shape index (κ2) is 10.6. The van der Waals surface area contributed by atoms with Crippen LogP contribution in [-0.2, 0) is 16.5 Å². The number of benzene rings is 1. The maximum absolute atomic E-state index is 13.2. The molecule has 0 aliphatic carbocycles. The van der Waals surface area contributed by atoms with Crippen LogP contribution in [0.15, 0.2) is 41.3 Å². The second-order valence-corrected chi connectivity index (χ2v) is 10.8. The Hall–Kier alpha value is -3.14. The molecule has 0 unspecified atom stereocenters. The van der Waals surface area contributed by atoms with Crippen LogP contribution in [0.4, 0.5) is 0 Å². The highest BCUT2D eigenvalue weighted by atomic mass is 16.5. The quantitative estimate of drug-likeness (QED) is 0.365. The van der Waals surface area contributed by atoms with Gasteiger partial charge in [0, 0.05) is 56.5 Å². The monoisotopic (exact) mass is 516 g/mol. The number of likely N-dealkylation sites (tertiary alicyclic amines) is 1. The first kappa shape index (κ1) is 25.2. The first-order valence-electron chi connectivity index (χ1n) is 13.7. The van der Waals surface area contributed by atoms with Crippen molar-refractivity contribution in [2.24, 2.45) is 13.0 Å². The molecule has 4 aromatic rings. The van der Waals surface area contributed by atoms with E-state index in [9.17, 15) is 4.79 Å². The van der Waals surface area contributed by atoms with Crippen molar-refractivity contribution in [2.75, 3.05) is 39.5 Å². The molecule has 38 heavy (non-hydrogen) atoms. The van der Waals surface area contributed by atoms with Gasteiger partial charge in [0.15, 0.2) is 5.65 Å². The minimum absolute atomic E-state index is 0.0571. The second-order valence-electron chi connectivity index (χ2n) is 10.8. The Morgan fingerprint density at radius 1 is 1.11 bits per heavy atom. The molecule has 0 bridgehead atoms. The van der Waals surface area contributed by atoms with Crippen molar-refractivity contribution in [3.05, 3.63) is 52.7 Å². The van der Waals surface area contributed by atoms with Crippen LogP contribution in [0.3, 0.4) is 0 Å². The molecule has 0 radical (unpaired) electrons. The van der Waals surface area contributed by atoms with Crippen LogP contribution in [0.2, 0.25) is 0 Å². The summed E-state index contributed by atoms with van der Waals surface area (Å²) in [4.78, 5) is 20.4. The molecule has 0 amide bonds. The fraction of sp³-hybridized carbons (Fsp3) is 0.517. The van der Waals surface area contributed by atoms with E-state index in [2.05, 4.69) is 41.1 Å². The highest BCUT2D eigenvalue weighted by Gasteiger charge is 2.24. The highest BCUT2D eigenvalue weighted by molar-refractivity contribution is 6.02. The van der Waals surface area contributed by atoms with Gasteiger partial charge in [0.1, 0.15) is 5.52 Å². The van der Waals surface area contributed by atoms with Crippen LogP contribution in [0, 0.1) is 5.92 Å². The minimum Gasteiger partial charge on any atom is -0.381 e. The van der Waals surface area contributed by atoms with E-state index in [0.717, 1.165) is 58.5 Å². The zero-order chi connectivity index (χ0) is 26.2. The van der Waals surface area contributed by atoms with E-state index in [0.29, 0.717) is 25.5 Å². The van der Waals surface area contributed by atoms with Gasteiger partial charge in [-0.3, -0.25) is 14.1 Å². The van der Waals surface area contributed by atoms with Gasteiger partial charge in [-0.25, -0.2) is 4.79 Å². The number of nitrogens with zero attached hydrogens (tertiary/aromatic N) is 6. The van der Waals surface area contributed by atoms with Crippen molar-refractivity contribution in [1.82, 2.24) is 29.2 Å². The molecule has 2 aliphatic rings. The zero-order valence-corrected chi connectivity index (χ0v) is 22.5. The number of aryl methyl sites for hydroxylation is 1. The number of aromatic nitrogens is 5. The van der Waals surface area contributed by atoms with Crippen molar-refractivity contribution in [3.8, 4) is 11.1 Å². The lowest BCUT2D eigenvalue weighted by Gasteiger charge is -2.23. The molecule has 2 saturated heterocycles. The molecule has 6 rings (SSSR count). The van der Waals surface area contributed by atoms with E-state index in [-0.39, 0.29) is 17.8 Å². The Kier molecular flexibility index (Phi) is 6.99. The number of ether oxygens (including phenoxy) is 2. The van der Waals surface area contributed by atoms with Crippen LogP contribution < -0.4 is 5.69 Å². The average molecular weight is 517 g/mol. The molecule has 3 aromatic heterocycles. The minimum atomic E-state index is -0.0613. The fourth-order valence-corrected chi connectivity index (χ4v) is 5.84. The van der Waals surface area contributed by atoms with E-state index in [4.69, 9.17) is 14.5 Å². The normalized spacial score (nSPS) is 20.0. The average Bonchev–Trinajstić information content (AvgIpc) is 3.48. The lowest BCUT2D eigenvalue weighted by atomic mass is 10.0. The third-order valence-corrected chi connectivity index (χ3v) is 8.14. The number of fused-ring (bicyclic) bond motifs is 3. The Morgan fingerprint density at radius 3 is 2.66 bits per heavy atom. The SMILES string of the molecule is C[C@H]1CCN(CCO[C@H](C)c2ccc(-c3ccc4nnc5c(c4c3)n(C3CCOCC3)c(=O)n5C)cn2)C1. The summed E-state index contributed by atoms with van der Waals surface area (Å²) in [7, 11) is 1.77. The van der Waals surface area contributed by atoms with Crippen molar-refractivity contribution < 1.29 is 9.47 Å². The molecule has 5 heterocycles. The molecule has 9 nitrogen and oxygen atoms in total. The third kappa shape index (κ3) is 4.74. The largest absolute Gasteiger partial charge is 0.381 e. The topological polar surface area (TPSA) is 87.3 Å². The summed E-state index contributed by atoms with van der Waals surface area (Å²) in [6, 6.07) is 10.3. The Morgan fingerprint density at radius 2 is 1.92 bits per heavy atom. The zero-order valence-electron chi connectivity index (χ0n) is 22.5. The summed E-state index contributed by atoms with van der Waals surface area (Å²) in [5.41, 5.74) is 5.12. The smallest absolute Gasteiger partial charge is 0.330 e. The van der Waals surface area contributed by atoms with Crippen LogP contribution in [0.1, 0.15) is 50.9 Å². The van der Waals surface area contributed by atoms with Gasteiger partial charge < -0.3 is 14.4 Å². The maximum atomic E-state index is 13.2. The summed E-state index contributed by atoms with van der Waals surface area (Å²) < 4.78 is 15.2. The van der Waals surface area contributed by atoms with Crippen molar-refractivity contribution in [3.63, 3.8) is 0 Å². The van der Waals surface area contributed by atoms with Crippen LogP contribution in [-0.4, -0.2) is 68.7 Å². The molecular weight excluding hydrogens is 480 g/mol. The predicted molar refractivity (Wildman–Crippen MR) is 147 cm³/mol. The van der Waals surface area contributed by atoms with Gasteiger partial charge in [-0.1, -0.05) is 19.1 Å². The summed E-state index contributed by atoms with van der Waals surface area (Å²) in [5.74, 6) is 0.788. The number of pyridine rings is 1. The summed E-state index contributed by atoms with van der Waals surface area (Å²) in [6.07, 6.45) is 4.75. The molecule has 2 aliphatic heterocycles. The van der Waals surface area contributed by atoms with Crippen molar-refractivity contribution in [2.45, 2.75) is 45.3 Å². The van der Waals surface area contributed by atoms with Gasteiger partial charge in [-0.05, 0) is 62.4 Å². The fourth-order valence-electron chi connectivity index (χ4n) is 5.84. The van der Waals surface area contributed by atoms with Crippen LogP contribution >= 0.6 is 0 Å². The third-order valence-electron chi connectivity index (χ3n) is 8.14. The number of hydrogen-bond donors (Lipinski definition) is 0. The molecule has 0 saturated carbocycles. The standard InChI is InChI=1S/C29H36N6O3/c1-19-8-11-34(18-19)12-15-38-20(2)25-6-5-22(17-30-25)21-4-7-26-24(16-21)27-28(32-31-26)33(3)29(36)35(27)23-9-13-37-14-10-23/h4-7,16-17,19-20,23H,8-15,18H2,1-3H3/t19-,20+/m0/s1. The molecule has 2 fully saturated rings. The van der Waals surface area contributed by atoms with Crippen LogP contribution in [0.25, 0.3) is 33.2 Å². The van der Waals surface area contributed by atoms with Crippen molar-refractivity contribution >= 4 is 22.1 Å². The summed E-state index contributed by atoms with van der Waals surface area (Å²) >= 11 is 0. The van der Waals surface area contributed by atoms with E-state index in [1.165, 1.54) is 19.5 Å². The van der Waals surface area contributed by atoms with E-state index < -0.39 is 0 Å². The van der Waals surface area contributed by atoms with Gasteiger partial charge in [-0.15, -0.1) is 10.2 Å². The van der Waals surface area contributed by atoms with E-state index in [1.807, 2.05) is 29.0 Å². The van der Waals surface area contributed by atoms with Crippen molar-refractivity contribution in [1.29, 1.82) is 0 Å². The molecule has 2 atom stereocenters. The van der Waals surface area contributed by atoms with Gasteiger partial charge in [0.25, 0.3) is 0 Å². The summed E-state index contributed by atoms with van der Waals surface area (Å²) in [5, 5.41) is 9.75. The molecule has 200 valence electrons. The molecule has 0 N–H and O–H groups in total.